The fraction of sp³-hybridized carbons (Fsp3) is 0.333. The number of esters is 1. The number of ether oxygens (including phenoxy) is 1. The Morgan fingerprint density at radius 1 is 1.38 bits per heavy atom. The summed E-state index contributed by atoms with van der Waals surface area (Å²) in [6, 6.07) is 5.35. The van der Waals surface area contributed by atoms with Crippen LogP contribution >= 0.6 is 15.9 Å². The van der Waals surface area contributed by atoms with E-state index in [1.165, 1.54) is 14.0 Å². The SMILES string of the molecule is COC(=O)c1cc(C)ccc1C(Br)C(C)=O. The van der Waals surface area contributed by atoms with Crippen LogP contribution in [0.15, 0.2) is 18.2 Å². The smallest absolute Gasteiger partial charge is 0.338 e. The largest absolute Gasteiger partial charge is 0.465 e. The van der Waals surface area contributed by atoms with Crippen LogP contribution in [0.25, 0.3) is 0 Å². The molecule has 0 aliphatic carbocycles. The maximum atomic E-state index is 11.6. The van der Waals surface area contributed by atoms with E-state index in [2.05, 4.69) is 15.9 Å². The van der Waals surface area contributed by atoms with Gasteiger partial charge in [-0.25, -0.2) is 4.79 Å². The van der Waals surface area contributed by atoms with Gasteiger partial charge in [-0.05, 0) is 25.5 Å². The number of rotatable bonds is 3. The van der Waals surface area contributed by atoms with Crippen molar-refractivity contribution in [3.8, 4) is 0 Å². The van der Waals surface area contributed by atoms with Gasteiger partial charge in [0.25, 0.3) is 0 Å². The first-order valence-electron chi connectivity index (χ1n) is 4.80. The quantitative estimate of drug-likeness (QED) is 0.633. The van der Waals surface area contributed by atoms with Crippen LogP contribution in [0.5, 0.6) is 0 Å². The van der Waals surface area contributed by atoms with Crippen molar-refractivity contribution < 1.29 is 14.3 Å². The first-order valence-corrected chi connectivity index (χ1v) is 5.72. The molecule has 0 aliphatic heterocycles. The highest BCUT2D eigenvalue weighted by Crippen LogP contribution is 2.28. The van der Waals surface area contributed by atoms with Gasteiger partial charge in [-0.3, -0.25) is 4.79 Å². The maximum Gasteiger partial charge on any atom is 0.338 e. The van der Waals surface area contributed by atoms with Gasteiger partial charge in [0, 0.05) is 0 Å². The van der Waals surface area contributed by atoms with Crippen molar-refractivity contribution in [1.29, 1.82) is 0 Å². The Bertz CT molecular complexity index is 426. The zero-order valence-corrected chi connectivity index (χ0v) is 11.0. The summed E-state index contributed by atoms with van der Waals surface area (Å²) in [5.41, 5.74) is 2.02. The second-order valence-corrected chi connectivity index (χ2v) is 4.47. The zero-order chi connectivity index (χ0) is 12.3. The molecule has 0 radical (unpaired) electrons. The Morgan fingerprint density at radius 2 is 2.00 bits per heavy atom. The molecule has 1 rings (SSSR count). The molecule has 1 aromatic carbocycles. The first-order chi connectivity index (χ1) is 7.47. The lowest BCUT2D eigenvalue weighted by atomic mass is 10.0. The molecule has 0 saturated carbocycles. The minimum absolute atomic E-state index is 0.0472. The van der Waals surface area contributed by atoms with Crippen molar-refractivity contribution in [2.45, 2.75) is 18.7 Å². The highest BCUT2D eigenvalue weighted by atomic mass is 79.9. The summed E-state index contributed by atoms with van der Waals surface area (Å²) in [4.78, 5) is 22.4. The van der Waals surface area contributed by atoms with Gasteiger partial charge in [0.15, 0.2) is 0 Å². The minimum atomic E-state index is -0.470. The van der Waals surface area contributed by atoms with E-state index in [9.17, 15) is 9.59 Å². The van der Waals surface area contributed by atoms with Crippen molar-refractivity contribution in [3.63, 3.8) is 0 Å². The molecule has 0 spiro atoms. The fourth-order valence-electron chi connectivity index (χ4n) is 1.40. The highest BCUT2D eigenvalue weighted by Gasteiger charge is 2.20. The minimum Gasteiger partial charge on any atom is -0.465 e. The number of carbonyl (C=O) groups excluding carboxylic acids is 2. The van der Waals surface area contributed by atoms with Gasteiger partial charge in [-0.15, -0.1) is 0 Å². The fourth-order valence-corrected chi connectivity index (χ4v) is 1.80. The van der Waals surface area contributed by atoms with Gasteiger partial charge in [0.05, 0.1) is 17.5 Å². The van der Waals surface area contributed by atoms with Crippen LogP contribution < -0.4 is 0 Å². The molecule has 1 aromatic rings. The molecule has 4 heteroatoms. The molecule has 0 aromatic heterocycles. The Morgan fingerprint density at radius 3 is 2.50 bits per heavy atom. The molecular formula is C12H13BrO3. The predicted octanol–water partition coefficient (Wildman–Crippen LogP) is 2.81. The van der Waals surface area contributed by atoms with Crippen LogP contribution in [-0.2, 0) is 9.53 Å². The normalized spacial score (nSPS) is 12.0. The molecule has 3 nitrogen and oxygen atoms in total. The van der Waals surface area contributed by atoms with E-state index in [1.54, 1.807) is 12.1 Å². The van der Waals surface area contributed by atoms with Crippen LogP contribution in [0.4, 0.5) is 0 Å². The van der Waals surface area contributed by atoms with Gasteiger partial charge in [0.1, 0.15) is 5.78 Å². The summed E-state index contributed by atoms with van der Waals surface area (Å²) in [6.45, 7) is 3.35. The molecule has 0 saturated heterocycles. The summed E-state index contributed by atoms with van der Waals surface area (Å²) >= 11 is 3.27. The number of carbonyl (C=O) groups is 2. The Hall–Kier alpha value is -1.16. The zero-order valence-electron chi connectivity index (χ0n) is 9.41. The summed E-state index contributed by atoms with van der Waals surface area (Å²) in [6.07, 6.45) is 0. The molecule has 0 aliphatic rings. The number of halogens is 1. The van der Waals surface area contributed by atoms with Crippen LogP contribution in [0.1, 0.15) is 33.2 Å². The van der Waals surface area contributed by atoms with E-state index in [1.807, 2.05) is 13.0 Å². The molecule has 1 unspecified atom stereocenters. The first kappa shape index (κ1) is 12.9. The van der Waals surface area contributed by atoms with Crippen molar-refractivity contribution >= 4 is 27.7 Å². The summed E-state index contributed by atoms with van der Waals surface area (Å²) in [5.74, 6) is -0.474. The third-order valence-corrected chi connectivity index (χ3v) is 3.38. The molecule has 0 N–H and O–H groups in total. The van der Waals surface area contributed by atoms with Crippen molar-refractivity contribution in [3.05, 3.63) is 34.9 Å². The third-order valence-electron chi connectivity index (χ3n) is 2.24. The highest BCUT2D eigenvalue weighted by molar-refractivity contribution is 9.09. The Kier molecular flexibility index (Phi) is 4.24. The molecule has 16 heavy (non-hydrogen) atoms. The molecular weight excluding hydrogens is 272 g/mol. The lowest BCUT2D eigenvalue weighted by molar-refractivity contribution is -0.116. The number of methoxy groups -OCH3 is 1. The standard InChI is InChI=1S/C12H13BrO3/c1-7-4-5-9(11(13)8(2)14)10(6-7)12(15)16-3/h4-6,11H,1-3H3. The summed E-state index contributed by atoms with van der Waals surface area (Å²) < 4.78 is 4.69. The van der Waals surface area contributed by atoms with Crippen molar-refractivity contribution in [2.75, 3.05) is 7.11 Å². The number of alkyl halides is 1. The van der Waals surface area contributed by atoms with E-state index >= 15 is 0 Å². The average Bonchev–Trinajstić information content (AvgIpc) is 2.26. The Labute approximate surface area is 103 Å². The topological polar surface area (TPSA) is 43.4 Å². The lowest BCUT2D eigenvalue weighted by Gasteiger charge is -2.12. The van der Waals surface area contributed by atoms with Crippen LogP contribution in [-0.4, -0.2) is 18.9 Å². The number of aryl methyl sites for hydroxylation is 1. The number of Topliss-reactive ketones (excluding diaryl/α,β-unsaturated/α-hetero) is 1. The van der Waals surface area contributed by atoms with Crippen molar-refractivity contribution in [1.82, 2.24) is 0 Å². The van der Waals surface area contributed by atoms with Crippen molar-refractivity contribution in [2.24, 2.45) is 0 Å². The molecule has 86 valence electrons. The number of hydrogen-bond donors (Lipinski definition) is 0. The molecule has 0 heterocycles. The molecule has 1 atom stereocenters. The average molecular weight is 285 g/mol. The maximum absolute atomic E-state index is 11.6. The van der Waals surface area contributed by atoms with E-state index in [0.29, 0.717) is 11.1 Å². The van der Waals surface area contributed by atoms with Crippen LogP contribution in [0, 0.1) is 6.92 Å². The van der Waals surface area contributed by atoms with E-state index in [0.717, 1.165) is 5.56 Å². The molecule has 0 bridgehead atoms. The second-order valence-electron chi connectivity index (χ2n) is 3.56. The number of benzene rings is 1. The Balaban J connectivity index is 3.27. The molecule has 0 amide bonds. The summed E-state index contributed by atoms with van der Waals surface area (Å²) in [7, 11) is 1.32. The van der Waals surface area contributed by atoms with Gasteiger partial charge in [-0.2, -0.15) is 0 Å². The summed E-state index contributed by atoms with van der Waals surface area (Å²) in [5, 5.41) is 0. The van der Waals surface area contributed by atoms with Crippen LogP contribution in [0.2, 0.25) is 0 Å². The lowest BCUT2D eigenvalue weighted by Crippen LogP contribution is -2.10. The number of hydrogen-bond acceptors (Lipinski definition) is 3. The third kappa shape index (κ3) is 2.70. The number of ketones is 1. The van der Waals surface area contributed by atoms with Gasteiger partial charge in [0.2, 0.25) is 0 Å². The monoisotopic (exact) mass is 284 g/mol. The van der Waals surface area contributed by atoms with Gasteiger partial charge < -0.3 is 4.74 Å². The van der Waals surface area contributed by atoms with E-state index in [4.69, 9.17) is 4.74 Å². The van der Waals surface area contributed by atoms with E-state index < -0.39 is 10.8 Å². The van der Waals surface area contributed by atoms with Gasteiger partial charge >= 0.3 is 5.97 Å². The van der Waals surface area contributed by atoms with Gasteiger partial charge in [-0.1, -0.05) is 33.6 Å². The molecule has 0 fully saturated rings. The predicted molar refractivity (Wildman–Crippen MR) is 64.9 cm³/mol. The van der Waals surface area contributed by atoms with E-state index in [-0.39, 0.29) is 5.78 Å². The second kappa shape index (κ2) is 5.25. The van der Waals surface area contributed by atoms with Crippen LogP contribution in [0.3, 0.4) is 0 Å².